The number of nitrogens with one attached hydrogen (secondary N) is 1. The highest BCUT2D eigenvalue weighted by atomic mass is 15.2. The van der Waals surface area contributed by atoms with Gasteiger partial charge in [-0.3, -0.25) is 0 Å². The molecule has 76 valence electrons. The third-order valence-electron chi connectivity index (χ3n) is 3.53. The van der Waals surface area contributed by atoms with Crippen LogP contribution >= 0.6 is 0 Å². The van der Waals surface area contributed by atoms with Crippen LogP contribution in [-0.4, -0.2) is 63.2 Å². The maximum atomic E-state index is 3.49. The van der Waals surface area contributed by atoms with E-state index in [-0.39, 0.29) is 0 Å². The fraction of sp³-hybridized carbons (Fsp3) is 1.00. The van der Waals surface area contributed by atoms with Crippen molar-refractivity contribution in [3.8, 4) is 0 Å². The standard InChI is InChI=1S/C10H21N3/c1-11-10-8-4-12(2)5-9(10)7-13(3)6-8/h8-11H,4-7H2,1-3H3. The zero-order valence-corrected chi connectivity index (χ0v) is 8.95. The molecule has 3 nitrogen and oxygen atoms in total. The van der Waals surface area contributed by atoms with Gasteiger partial charge in [-0.05, 0) is 33.0 Å². The number of hydrogen-bond acceptors (Lipinski definition) is 3. The second kappa shape index (κ2) is 3.56. The zero-order chi connectivity index (χ0) is 9.42. The predicted molar refractivity (Wildman–Crippen MR) is 54.8 cm³/mol. The fourth-order valence-electron chi connectivity index (χ4n) is 3.18. The molecule has 0 saturated carbocycles. The van der Waals surface area contributed by atoms with Crippen molar-refractivity contribution < 1.29 is 0 Å². The Labute approximate surface area is 81.1 Å². The Hall–Kier alpha value is -0.120. The molecule has 2 aliphatic rings. The summed E-state index contributed by atoms with van der Waals surface area (Å²) < 4.78 is 0. The van der Waals surface area contributed by atoms with E-state index in [1.54, 1.807) is 0 Å². The van der Waals surface area contributed by atoms with Gasteiger partial charge in [0.2, 0.25) is 0 Å². The van der Waals surface area contributed by atoms with Gasteiger partial charge in [-0.25, -0.2) is 0 Å². The van der Waals surface area contributed by atoms with E-state index < -0.39 is 0 Å². The molecular formula is C10H21N3. The molecule has 2 saturated heterocycles. The Morgan fingerprint density at radius 3 is 1.62 bits per heavy atom. The predicted octanol–water partition coefficient (Wildman–Crippen LogP) is -0.302. The number of rotatable bonds is 1. The molecule has 2 rings (SSSR count). The van der Waals surface area contributed by atoms with E-state index in [9.17, 15) is 0 Å². The van der Waals surface area contributed by atoms with Crippen LogP contribution in [0.2, 0.25) is 0 Å². The Morgan fingerprint density at radius 1 is 0.923 bits per heavy atom. The normalized spacial score (nSPS) is 42.2. The molecule has 0 spiro atoms. The van der Waals surface area contributed by atoms with Gasteiger partial charge in [-0.2, -0.15) is 0 Å². The van der Waals surface area contributed by atoms with Gasteiger partial charge in [0.15, 0.2) is 0 Å². The highest BCUT2D eigenvalue weighted by Crippen LogP contribution is 2.27. The van der Waals surface area contributed by atoms with E-state index in [2.05, 4.69) is 36.3 Å². The van der Waals surface area contributed by atoms with E-state index in [0.717, 1.165) is 17.9 Å². The summed E-state index contributed by atoms with van der Waals surface area (Å²) in [7, 11) is 6.61. The maximum Gasteiger partial charge on any atom is 0.0169 e. The Morgan fingerprint density at radius 2 is 1.31 bits per heavy atom. The van der Waals surface area contributed by atoms with Gasteiger partial charge in [0.05, 0.1) is 0 Å². The first-order valence-corrected chi connectivity index (χ1v) is 5.25. The van der Waals surface area contributed by atoms with Gasteiger partial charge in [0.1, 0.15) is 0 Å². The summed E-state index contributed by atoms with van der Waals surface area (Å²) >= 11 is 0. The van der Waals surface area contributed by atoms with Crippen LogP contribution < -0.4 is 5.32 Å². The van der Waals surface area contributed by atoms with Gasteiger partial charge in [-0.1, -0.05) is 0 Å². The first-order valence-electron chi connectivity index (χ1n) is 5.25. The lowest BCUT2D eigenvalue weighted by Crippen LogP contribution is -2.62. The molecular weight excluding hydrogens is 162 g/mol. The molecule has 2 bridgehead atoms. The van der Waals surface area contributed by atoms with Gasteiger partial charge >= 0.3 is 0 Å². The summed E-state index contributed by atoms with van der Waals surface area (Å²) in [4.78, 5) is 4.96. The molecule has 13 heavy (non-hydrogen) atoms. The quantitative estimate of drug-likeness (QED) is 0.602. The van der Waals surface area contributed by atoms with Crippen LogP contribution in [0.1, 0.15) is 0 Å². The van der Waals surface area contributed by atoms with E-state index in [0.29, 0.717) is 0 Å². The molecule has 3 heteroatoms. The maximum absolute atomic E-state index is 3.49. The number of piperidine rings is 2. The average molecular weight is 183 g/mol. The second-order valence-corrected chi connectivity index (χ2v) is 4.78. The van der Waals surface area contributed by atoms with Crippen molar-refractivity contribution in [1.82, 2.24) is 15.1 Å². The number of nitrogens with zero attached hydrogens (tertiary/aromatic N) is 2. The SMILES string of the molecule is CNC1C2CN(C)CC1CN(C)C2. The first-order chi connectivity index (χ1) is 6.20. The summed E-state index contributed by atoms with van der Waals surface area (Å²) in [6.07, 6.45) is 0. The number of likely N-dealkylation sites (tertiary alicyclic amines) is 2. The lowest BCUT2D eigenvalue weighted by atomic mass is 9.80. The molecule has 0 amide bonds. The second-order valence-electron chi connectivity index (χ2n) is 4.78. The third-order valence-corrected chi connectivity index (χ3v) is 3.53. The summed E-state index contributed by atoms with van der Waals surface area (Å²) in [5.41, 5.74) is 0. The summed E-state index contributed by atoms with van der Waals surface area (Å²) in [6.45, 7) is 5.03. The van der Waals surface area contributed by atoms with Crippen molar-refractivity contribution in [2.45, 2.75) is 6.04 Å². The van der Waals surface area contributed by atoms with Crippen LogP contribution in [0, 0.1) is 11.8 Å². The smallest absolute Gasteiger partial charge is 0.0169 e. The minimum atomic E-state index is 0.757. The van der Waals surface area contributed by atoms with E-state index >= 15 is 0 Å². The zero-order valence-electron chi connectivity index (χ0n) is 8.95. The Kier molecular flexibility index (Phi) is 2.58. The number of fused-ring (bicyclic) bond motifs is 2. The minimum absolute atomic E-state index is 0.757. The minimum Gasteiger partial charge on any atom is -0.316 e. The molecule has 2 heterocycles. The van der Waals surface area contributed by atoms with Crippen molar-refractivity contribution in [3.63, 3.8) is 0 Å². The van der Waals surface area contributed by atoms with Crippen LogP contribution in [0.4, 0.5) is 0 Å². The number of hydrogen-bond donors (Lipinski definition) is 1. The van der Waals surface area contributed by atoms with Crippen molar-refractivity contribution in [3.05, 3.63) is 0 Å². The van der Waals surface area contributed by atoms with E-state index in [4.69, 9.17) is 0 Å². The van der Waals surface area contributed by atoms with Crippen LogP contribution in [0.25, 0.3) is 0 Å². The van der Waals surface area contributed by atoms with Crippen LogP contribution in [0.15, 0.2) is 0 Å². The van der Waals surface area contributed by atoms with Crippen molar-refractivity contribution in [2.24, 2.45) is 11.8 Å². The Balaban J connectivity index is 2.09. The molecule has 2 aliphatic heterocycles. The lowest BCUT2D eigenvalue weighted by molar-refractivity contribution is 0.0238. The van der Waals surface area contributed by atoms with Gasteiger partial charge in [-0.15, -0.1) is 0 Å². The van der Waals surface area contributed by atoms with Gasteiger partial charge in [0.25, 0.3) is 0 Å². The molecule has 1 N–H and O–H groups in total. The largest absolute Gasteiger partial charge is 0.316 e. The van der Waals surface area contributed by atoms with Crippen molar-refractivity contribution in [1.29, 1.82) is 0 Å². The van der Waals surface area contributed by atoms with E-state index in [1.807, 2.05) is 0 Å². The molecule has 0 aromatic rings. The fourth-order valence-corrected chi connectivity index (χ4v) is 3.18. The summed E-state index contributed by atoms with van der Waals surface area (Å²) in [5, 5.41) is 3.49. The summed E-state index contributed by atoms with van der Waals surface area (Å²) in [5.74, 6) is 1.65. The van der Waals surface area contributed by atoms with Crippen LogP contribution in [0.5, 0.6) is 0 Å². The third kappa shape index (κ3) is 1.73. The molecule has 0 aromatic heterocycles. The lowest BCUT2D eigenvalue weighted by Gasteiger charge is -2.49. The molecule has 0 unspecified atom stereocenters. The van der Waals surface area contributed by atoms with Crippen LogP contribution in [0.3, 0.4) is 0 Å². The average Bonchev–Trinajstić information content (AvgIpc) is 2.01. The molecule has 2 fully saturated rings. The molecule has 0 aliphatic carbocycles. The van der Waals surface area contributed by atoms with Gasteiger partial charge in [0, 0.05) is 32.2 Å². The van der Waals surface area contributed by atoms with Crippen molar-refractivity contribution in [2.75, 3.05) is 47.3 Å². The van der Waals surface area contributed by atoms with Crippen molar-refractivity contribution >= 4 is 0 Å². The monoisotopic (exact) mass is 183 g/mol. The molecule has 0 radical (unpaired) electrons. The topological polar surface area (TPSA) is 18.5 Å². The highest BCUT2D eigenvalue weighted by molar-refractivity contribution is 4.95. The van der Waals surface area contributed by atoms with Gasteiger partial charge < -0.3 is 15.1 Å². The molecule has 0 atom stereocenters. The van der Waals surface area contributed by atoms with E-state index in [1.165, 1.54) is 26.2 Å². The highest BCUT2D eigenvalue weighted by Gasteiger charge is 2.39. The summed E-state index contributed by atoms with van der Waals surface area (Å²) in [6, 6.07) is 0.757. The molecule has 0 aromatic carbocycles. The first kappa shape index (κ1) is 9.44. The Bertz CT molecular complexity index is 153. The van der Waals surface area contributed by atoms with Crippen LogP contribution in [-0.2, 0) is 0 Å².